The van der Waals surface area contributed by atoms with Gasteiger partial charge < -0.3 is 15.6 Å². The number of benzene rings is 1. The van der Waals surface area contributed by atoms with Gasteiger partial charge in [-0.3, -0.25) is 4.90 Å². The number of rotatable bonds is 3. The minimum atomic E-state index is -0.238. The van der Waals surface area contributed by atoms with Gasteiger partial charge in [-0.1, -0.05) is 12.1 Å². The van der Waals surface area contributed by atoms with Crippen LogP contribution in [0.3, 0.4) is 0 Å². The molecule has 0 radical (unpaired) electrons. The van der Waals surface area contributed by atoms with Gasteiger partial charge in [0.15, 0.2) is 0 Å². The second-order valence-corrected chi connectivity index (χ2v) is 6.47. The molecule has 1 heterocycles. The minimum Gasteiger partial charge on any atom is -0.398 e. The fourth-order valence-electron chi connectivity index (χ4n) is 2.59. The van der Waals surface area contributed by atoms with Crippen LogP contribution >= 0.6 is 15.9 Å². The number of anilines is 1. The van der Waals surface area contributed by atoms with E-state index in [1.54, 1.807) is 0 Å². The maximum Gasteiger partial charge on any atom is 0.0940 e. The normalized spacial score (nSPS) is 23.5. The molecule has 1 atom stereocenters. The van der Waals surface area contributed by atoms with Crippen molar-refractivity contribution in [1.82, 2.24) is 4.90 Å². The molecule has 1 aliphatic heterocycles. The van der Waals surface area contributed by atoms with Crippen LogP contribution in [0, 0.1) is 0 Å². The zero-order valence-electron chi connectivity index (χ0n) is 11.4. The molecule has 1 aromatic rings. The number of aliphatic hydroxyl groups excluding tert-OH is 1. The predicted molar refractivity (Wildman–Crippen MR) is 79.9 cm³/mol. The van der Waals surface area contributed by atoms with Crippen molar-refractivity contribution in [2.75, 3.05) is 25.4 Å². The van der Waals surface area contributed by atoms with Gasteiger partial charge in [-0.05, 0) is 41.4 Å². The highest BCUT2D eigenvalue weighted by atomic mass is 79.9. The summed E-state index contributed by atoms with van der Waals surface area (Å²) in [5, 5.41) is 9.32. The largest absolute Gasteiger partial charge is 0.398 e. The molecule has 5 heteroatoms. The Hall–Kier alpha value is -0.620. The minimum absolute atomic E-state index is 0.0536. The molecule has 1 unspecified atom stereocenters. The fraction of sp³-hybridized carbons (Fsp3) is 0.571. The summed E-state index contributed by atoms with van der Waals surface area (Å²) in [4.78, 5) is 2.30. The van der Waals surface area contributed by atoms with E-state index >= 15 is 0 Å². The van der Waals surface area contributed by atoms with Crippen LogP contribution in [0.4, 0.5) is 5.69 Å². The molecule has 3 N–H and O–H groups in total. The standard InChI is InChI=1S/C14H21BrN2O2/c1-14(2)9-17(7-11(8-18)19-14)6-10-4-3-5-12(16)13(10)15/h3-5,11,18H,6-9,16H2,1-2H3. The molecular weight excluding hydrogens is 308 g/mol. The summed E-state index contributed by atoms with van der Waals surface area (Å²) in [6.07, 6.45) is -0.122. The maximum absolute atomic E-state index is 9.32. The van der Waals surface area contributed by atoms with Crippen molar-refractivity contribution in [3.05, 3.63) is 28.2 Å². The van der Waals surface area contributed by atoms with E-state index in [1.807, 2.05) is 12.1 Å². The average molecular weight is 329 g/mol. The summed E-state index contributed by atoms with van der Waals surface area (Å²) in [6, 6.07) is 5.91. The molecule has 1 saturated heterocycles. The molecule has 0 aliphatic carbocycles. The number of aliphatic hydroxyl groups is 1. The van der Waals surface area contributed by atoms with Gasteiger partial charge in [0.25, 0.3) is 0 Å². The van der Waals surface area contributed by atoms with E-state index in [1.165, 1.54) is 0 Å². The molecule has 0 saturated carbocycles. The van der Waals surface area contributed by atoms with Crippen LogP contribution in [-0.2, 0) is 11.3 Å². The third-order valence-electron chi connectivity index (χ3n) is 3.26. The Bertz CT molecular complexity index is 451. The number of morpholine rings is 1. The Morgan fingerprint density at radius 2 is 2.26 bits per heavy atom. The van der Waals surface area contributed by atoms with Crippen LogP contribution in [0.25, 0.3) is 0 Å². The van der Waals surface area contributed by atoms with E-state index in [4.69, 9.17) is 10.5 Å². The monoisotopic (exact) mass is 328 g/mol. The van der Waals surface area contributed by atoms with Crippen molar-refractivity contribution in [2.24, 2.45) is 0 Å². The first kappa shape index (κ1) is 14.8. The number of hydrogen-bond acceptors (Lipinski definition) is 4. The van der Waals surface area contributed by atoms with Gasteiger partial charge in [0.05, 0.1) is 18.3 Å². The van der Waals surface area contributed by atoms with Crippen LogP contribution in [0.2, 0.25) is 0 Å². The summed E-state index contributed by atoms with van der Waals surface area (Å²) >= 11 is 3.54. The lowest BCUT2D eigenvalue weighted by atomic mass is 10.0. The van der Waals surface area contributed by atoms with Crippen molar-refractivity contribution in [3.8, 4) is 0 Å². The lowest BCUT2D eigenvalue weighted by molar-refractivity contribution is -0.150. The highest BCUT2D eigenvalue weighted by molar-refractivity contribution is 9.10. The zero-order chi connectivity index (χ0) is 14.0. The highest BCUT2D eigenvalue weighted by Gasteiger charge is 2.33. The number of nitrogens with zero attached hydrogens (tertiary/aromatic N) is 1. The Kier molecular flexibility index (Phi) is 4.50. The zero-order valence-corrected chi connectivity index (χ0v) is 13.0. The summed E-state index contributed by atoms with van der Waals surface area (Å²) in [6.45, 7) is 6.53. The molecule has 0 bridgehead atoms. The molecule has 1 fully saturated rings. The van der Waals surface area contributed by atoms with Gasteiger partial charge in [-0.25, -0.2) is 0 Å². The molecular formula is C14H21BrN2O2. The first-order valence-electron chi connectivity index (χ1n) is 6.45. The van der Waals surface area contributed by atoms with Gasteiger partial charge in [0, 0.05) is 29.8 Å². The van der Waals surface area contributed by atoms with Crippen molar-refractivity contribution in [2.45, 2.75) is 32.1 Å². The molecule has 0 aromatic heterocycles. The summed E-state index contributed by atoms with van der Waals surface area (Å²) in [5.41, 5.74) is 7.58. The predicted octanol–water partition coefficient (Wildman–Crippen LogP) is 2.00. The lowest BCUT2D eigenvalue weighted by Gasteiger charge is -2.42. The van der Waals surface area contributed by atoms with Crippen molar-refractivity contribution in [1.29, 1.82) is 0 Å². The number of nitrogen functional groups attached to an aromatic ring is 1. The Morgan fingerprint density at radius 3 is 2.95 bits per heavy atom. The van der Waals surface area contributed by atoms with E-state index in [-0.39, 0.29) is 18.3 Å². The van der Waals surface area contributed by atoms with Crippen LogP contribution in [-0.4, -0.2) is 41.4 Å². The molecule has 19 heavy (non-hydrogen) atoms. The molecule has 106 valence electrons. The van der Waals surface area contributed by atoms with Gasteiger partial charge in [0.2, 0.25) is 0 Å². The Morgan fingerprint density at radius 1 is 1.53 bits per heavy atom. The van der Waals surface area contributed by atoms with E-state index < -0.39 is 0 Å². The Balaban J connectivity index is 2.11. The SMILES string of the molecule is CC1(C)CN(Cc2cccc(N)c2Br)CC(CO)O1. The molecule has 2 rings (SSSR count). The van der Waals surface area contributed by atoms with Gasteiger partial charge in [0.1, 0.15) is 0 Å². The number of halogens is 1. The number of nitrogens with two attached hydrogens (primary N) is 1. The highest BCUT2D eigenvalue weighted by Crippen LogP contribution is 2.27. The van der Waals surface area contributed by atoms with Crippen LogP contribution in [0.1, 0.15) is 19.4 Å². The maximum atomic E-state index is 9.32. The fourth-order valence-corrected chi connectivity index (χ4v) is 2.98. The first-order chi connectivity index (χ1) is 8.91. The van der Waals surface area contributed by atoms with E-state index in [0.717, 1.165) is 35.4 Å². The van der Waals surface area contributed by atoms with E-state index in [2.05, 4.69) is 40.7 Å². The van der Waals surface area contributed by atoms with Gasteiger partial charge in [-0.2, -0.15) is 0 Å². The molecule has 4 nitrogen and oxygen atoms in total. The molecule has 1 aromatic carbocycles. The lowest BCUT2D eigenvalue weighted by Crippen LogP contribution is -2.53. The quantitative estimate of drug-likeness (QED) is 0.833. The smallest absolute Gasteiger partial charge is 0.0940 e. The summed E-state index contributed by atoms with van der Waals surface area (Å²) in [5.74, 6) is 0. The number of ether oxygens (including phenoxy) is 1. The topological polar surface area (TPSA) is 58.7 Å². The van der Waals surface area contributed by atoms with Crippen LogP contribution < -0.4 is 5.73 Å². The average Bonchev–Trinajstić information content (AvgIpc) is 2.33. The van der Waals surface area contributed by atoms with Crippen molar-refractivity contribution < 1.29 is 9.84 Å². The van der Waals surface area contributed by atoms with Crippen LogP contribution in [0.15, 0.2) is 22.7 Å². The van der Waals surface area contributed by atoms with Gasteiger partial charge in [-0.15, -0.1) is 0 Å². The van der Waals surface area contributed by atoms with Gasteiger partial charge >= 0.3 is 0 Å². The second kappa shape index (κ2) is 5.79. The first-order valence-corrected chi connectivity index (χ1v) is 7.24. The molecule has 0 amide bonds. The third-order valence-corrected chi connectivity index (χ3v) is 4.23. The summed E-state index contributed by atoms with van der Waals surface area (Å²) in [7, 11) is 0. The van der Waals surface area contributed by atoms with Crippen molar-refractivity contribution in [3.63, 3.8) is 0 Å². The van der Waals surface area contributed by atoms with E-state index in [9.17, 15) is 5.11 Å². The second-order valence-electron chi connectivity index (χ2n) is 5.67. The molecule has 1 aliphatic rings. The third kappa shape index (κ3) is 3.69. The summed E-state index contributed by atoms with van der Waals surface area (Å²) < 4.78 is 6.77. The van der Waals surface area contributed by atoms with E-state index in [0.29, 0.717) is 0 Å². The van der Waals surface area contributed by atoms with Crippen molar-refractivity contribution >= 4 is 21.6 Å². The number of hydrogen-bond donors (Lipinski definition) is 2. The molecule has 0 spiro atoms. The Labute approximate surface area is 122 Å². The van der Waals surface area contributed by atoms with Crippen LogP contribution in [0.5, 0.6) is 0 Å².